The third-order valence-electron chi connectivity index (χ3n) is 5.84. The highest BCUT2D eigenvalue weighted by Gasteiger charge is 2.65. The van der Waals surface area contributed by atoms with E-state index in [2.05, 4.69) is 0 Å². The molecule has 1 fully saturated rings. The first-order valence-electron chi connectivity index (χ1n) is 7.60. The number of urea groups is 1. The number of fused-ring (bicyclic) bond motifs is 1. The van der Waals surface area contributed by atoms with Crippen LogP contribution >= 0.6 is 0 Å². The number of carbonyl (C=O) groups excluding carboxylic acids is 2. The molecule has 2 amide bonds. The summed E-state index contributed by atoms with van der Waals surface area (Å²) < 4.78 is 0. The first-order valence-corrected chi connectivity index (χ1v) is 7.60. The van der Waals surface area contributed by atoms with Crippen molar-refractivity contribution in [1.82, 2.24) is 5.06 Å². The number of carbonyl (C=O) groups is 2. The standard InChI is InChI=1S/C16H22N2O4/c1-8-6-10-12(11(8)7-18(22)14(17)20)9(2)16(4-5-16)15(3,21)13(10)19/h6,8,11,21-22H,4-5,7H2,1-3H3,(H2,17,20)/t8?,11?,15-/m1/s1. The van der Waals surface area contributed by atoms with Gasteiger partial charge >= 0.3 is 6.03 Å². The van der Waals surface area contributed by atoms with E-state index in [1.807, 2.05) is 19.9 Å². The zero-order valence-corrected chi connectivity index (χ0v) is 13.1. The molecule has 0 aromatic heterocycles. The van der Waals surface area contributed by atoms with E-state index in [1.165, 1.54) is 0 Å². The molecule has 1 spiro atoms. The molecular formula is C16H22N2O4. The zero-order chi connectivity index (χ0) is 16.4. The molecule has 1 saturated carbocycles. The highest BCUT2D eigenvalue weighted by Crippen LogP contribution is 2.65. The van der Waals surface area contributed by atoms with Gasteiger partial charge < -0.3 is 10.8 Å². The van der Waals surface area contributed by atoms with E-state index >= 15 is 0 Å². The van der Waals surface area contributed by atoms with Crippen LogP contribution in [-0.4, -0.2) is 39.3 Å². The quantitative estimate of drug-likeness (QED) is 0.529. The molecule has 0 radical (unpaired) electrons. The molecule has 3 atom stereocenters. The lowest BCUT2D eigenvalue weighted by molar-refractivity contribution is -0.137. The average Bonchev–Trinajstić information content (AvgIpc) is 3.18. The number of hydroxylamine groups is 2. The summed E-state index contributed by atoms with van der Waals surface area (Å²) in [6, 6.07) is -0.908. The molecule has 0 aliphatic heterocycles. The Balaban J connectivity index is 2.06. The Morgan fingerprint density at radius 3 is 2.59 bits per heavy atom. The number of hydrogen-bond donors (Lipinski definition) is 3. The highest BCUT2D eigenvalue weighted by molar-refractivity contribution is 6.09. The normalized spacial score (nSPS) is 35.5. The van der Waals surface area contributed by atoms with Crippen molar-refractivity contribution in [2.75, 3.05) is 6.54 Å². The van der Waals surface area contributed by atoms with Crippen LogP contribution in [-0.2, 0) is 4.79 Å². The van der Waals surface area contributed by atoms with Crippen LogP contribution < -0.4 is 5.73 Å². The molecule has 3 aliphatic rings. The third-order valence-corrected chi connectivity index (χ3v) is 5.84. The van der Waals surface area contributed by atoms with E-state index in [1.54, 1.807) is 6.92 Å². The second kappa shape index (κ2) is 4.43. The second-order valence-corrected chi connectivity index (χ2v) is 6.99. The number of allylic oxidation sites excluding steroid dienone is 1. The van der Waals surface area contributed by atoms with Crippen molar-refractivity contribution in [2.24, 2.45) is 23.0 Å². The number of nitrogens with zero attached hydrogens (tertiary/aromatic N) is 1. The predicted molar refractivity (Wildman–Crippen MR) is 78.8 cm³/mol. The number of rotatable bonds is 2. The summed E-state index contributed by atoms with van der Waals surface area (Å²) in [5.74, 6) is -0.434. The molecule has 22 heavy (non-hydrogen) atoms. The highest BCUT2D eigenvalue weighted by atomic mass is 16.5. The number of primary amides is 1. The van der Waals surface area contributed by atoms with E-state index in [9.17, 15) is 19.9 Å². The molecule has 0 saturated heterocycles. The Bertz CT molecular complexity index is 628. The van der Waals surface area contributed by atoms with Crippen LogP contribution in [0.3, 0.4) is 0 Å². The Labute approximate surface area is 129 Å². The minimum atomic E-state index is -1.37. The van der Waals surface area contributed by atoms with Crippen LogP contribution in [0.5, 0.6) is 0 Å². The minimum absolute atomic E-state index is 0.0115. The van der Waals surface area contributed by atoms with Crippen LogP contribution in [0.2, 0.25) is 0 Å². The number of aliphatic hydroxyl groups is 1. The first-order chi connectivity index (χ1) is 10.1. The summed E-state index contributed by atoms with van der Waals surface area (Å²) in [5.41, 5.74) is 5.67. The van der Waals surface area contributed by atoms with Gasteiger partial charge in [-0.1, -0.05) is 18.6 Å². The largest absolute Gasteiger partial charge is 0.381 e. The Hall–Kier alpha value is -1.66. The van der Waals surface area contributed by atoms with E-state index in [4.69, 9.17) is 5.73 Å². The molecule has 0 heterocycles. The molecule has 0 aromatic carbocycles. The van der Waals surface area contributed by atoms with Gasteiger partial charge in [-0.3, -0.25) is 10.0 Å². The predicted octanol–water partition coefficient (Wildman–Crippen LogP) is 1.38. The molecule has 0 bridgehead atoms. The van der Waals surface area contributed by atoms with Crippen molar-refractivity contribution in [3.8, 4) is 0 Å². The SMILES string of the molecule is CC1=C2C(=CC(C)C2CN(O)C(N)=O)C(=O)[C@@](C)(O)C12CC2. The van der Waals surface area contributed by atoms with Gasteiger partial charge in [0, 0.05) is 16.9 Å². The fourth-order valence-corrected chi connectivity index (χ4v) is 4.23. The maximum Gasteiger partial charge on any atom is 0.338 e. The lowest BCUT2D eigenvalue weighted by Crippen LogP contribution is -2.50. The van der Waals surface area contributed by atoms with Crippen molar-refractivity contribution in [1.29, 1.82) is 0 Å². The van der Waals surface area contributed by atoms with E-state index in [0.717, 1.165) is 24.0 Å². The van der Waals surface area contributed by atoms with Gasteiger partial charge in [0.05, 0.1) is 6.54 Å². The fraction of sp³-hybridized carbons (Fsp3) is 0.625. The van der Waals surface area contributed by atoms with Gasteiger partial charge in [0.1, 0.15) is 5.60 Å². The summed E-state index contributed by atoms with van der Waals surface area (Å²) in [6.07, 6.45) is 3.41. The lowest BCUT2D eigenvalue weighted by Gasteiger charge is -2.40. The summed E-state index contributed by atoms with van der Waals surface area (Å²) >= 11 is 0. The van der Waals surface area contributed by atoms with Gasteiger partial charge in [-0.15, -0.1) is 0 Å². The zero-order valence-electron chi connectivity index (χ0n) is 13.1. The van der Waals surface area contributed by atoms with E-state index < -0.39 is 17.0 Å². The van der Waals surface area contributed by atoms with Gasteiger partial charge in [-0.25, -0.2) is 9.86 Å². The van der Waals surface area contributed by atoms with Crippen LogP contribution in [0.4, 0.5) is 4.79 Å². The Kier molecular flexibility index (Phi) is 3.07. The van der Waals surface area contributed by atoms with Crippen LogP contribution in [0.1, 0.15) is 33.6 Å². The van der Waals surface area contributed by atoms with E-state index in [0.29, 0.717) is 10.6 Å². The topological polar surface area (TPSA) is 104 Å². The average molecular weight is 306 g/mol. The van der Waals surface area contributed by atoms with Crippen LogP contribution in [0, 0.1) is 17.3 Å². The van der Waals surface area contributed by atoms with Crippen molar-refractivity contribution in [3.63, 3.8) is 0 Å². The summed E-state index contributed by atoms with van der Waals surface area (Å²) in [7, 11) is 0. The molecule has 2 unspecified atom stereocenters. The Morgan fingerprint density at radius 1 is 1.50 bits per heavy atom. The number of ketones is 1. The maximum atomic E-state index is 12.7. The summed E-state index contributed by atoms with van der Waals surface area (Å²) in [4.78, 5) is 23.8. The van der Waals surface area contributed by atoms with Crippen molar-refractivity contribution in [3.05, 3.63) is 22.8 Å². The Morgan fingerprint density at radius 2 is 2.09 bits per heavy atom. The molecule has 0 aromatic rings. The van der Waals surface area contributed by atoms with Crippen molar-refractivity contribution in [2.45, 2.75) is 39.2 Å². The smallest absolute Gasteiger partial charge is 0.338 e. The van der Waals surface area contributed by atoms with Crippen LogP contribution in [0.15, 0.2) is 22.8 Å². The molecule has 3 rings (SSSR count). The molecule has 120 valence electrons. The maximum absolute atomic E-state index is 12.7. The number of Topliss-reactive ketones (excluding diaryl/α,β-unsaturated/α-hetero) is 1. The van der Waals surface area contributed by atoms with Gasteiger partial charge in [0.2, 0.25) is 0 Å². The summed E-state index contributed by atoms with van der Waals surface area (Å²) in [6.45, 7) is 5.54. The molecule has 6 heteroatoms. The van der Waals surface area contributed by atoms with Crippen LogP contribution in [0.25, 0.3) is 0 Å². The number of hydrogen-bond acceptors (Lipinski definition) is 4. The first kappa shape index (κ1) is 15.2. The monoisotopic (exact) mass is 306 g/mol. The van der Waals surface area contributed by atoms with Gasteiger partial charge in [0.25, 0.3) is 0 Å². The fourth-order valence-electron chi connectivity index (χ4n) is 4.23. The second-order valence-electron chi connectivity index (χ2n) is 6.99. The molecule has 4 N–H and O–H groups in total. The minimum Gasteiger partial charge on any atom is -0.381 e. The van der Waals surface area contributed by atoms with E-state index in [-0.39, 0.29) is 24.2 Å². The van der Waals surface area contributed by atoms with Crippen molar-refractivity contribution >= 4 is 11.8 Å². The summed E-state index contributed by atoms with van der Waals surface area (Å²) in [5, 5.41) is 20.9. The van der Waals surface area contributed by atoms with Gasteiger partial charge in [0.15, 0.2) is 5.78 Å². The van der Waals surface area contributed by atoms with Gasteiger partial charge in [-0.2, -0.15) is 0 Å². The third kappa shape index (κ3) is 1.74. The van der Waals surface area contributed by atoms with Crippen molar-refractivity contribution < 1.29 is 19.9 Å². The number of amides is 2. The number of nitrogens with two attached hydrogens (primary N) is 1. The lowest BCUT2D eigenvalue weighted by atomic mass is 9.66. The van der Waals surface area contributed by atoms with Gasteiger partial charge in [-0.05, 0) is 38.2 Å². The molecule has 6 nitrogen and oxygen atoms in total. The molecule has 3 aliphatic carbocycles. The molecular weight excluding hydrogens is 284 g/mol.